The van der Waals surface area contributed by atoms with E-state index in [4.69, 9.17) is 11.6 Å². The van der Waals surface area contributed by atoms with Crippen LogP contribution in [0.15, 0.2) is 23.1 Å². The third kappa shape index (κ3) is 3.25. The van der Waals surface area contributed by atoms with E-state index < -0.39 is 26.3 Å². The van der Waals surface area contributed by atoms with Gasteiger partial charge in [-0.15, -0.1) is 0 Å². The predicted molar refractivity (Wildman–Crippen MR) is 72.2 cm³/mol. The van der Waals surface area contributed by atoms with Gasteiger partial charge in [0.2, 0.25) is 10.0 Å². The van der Waals surface area contributed by atoms with Gasteiger partial charge in [-0.05, 0) is 45.0 Å². The van der Waals surface area contributed by atoms with Crippen LogP contribution in [0.4, 0.5) is 4.39 Å². The second-order valence-electron chi connectivity index (χ2n) is 4.97. The van der Waals surface area contributed by atoms with Crippen LogP contribution in [0.2, 0.25) is 5.02 Å². The first-order valence-electron chi connectivity index (χ1n) is 6.03. The summed E-state index contributed by atoms with van der Waals surface area (Å²) < 4.78 is 40.9. The van der Waals surface area contributed by atoms with Crippen molar-refractivity contribution in [1.29, 1.82) is 0 Å². The Morgan fingerprint density at radius 3 is 2.63 bits per heavy atom. The van der Waals surface area contributed by atoms with Crippen molar-refractivity contribution in [3.63, 3.8) is 0 Å². The van der Waals surface area contributed by atoms with E-state index in [1.54, 1.807) is 0 Å². The zero-order chi connectivity index (χ0) is 14.1. The third-order valence-corrected chi connectivity index (χ3v) is 5.24. The minimum atomic E-state index is -3.91. The van der Waals surface area contributed by atoms with E-state index in [1.165, 1.54) is 18.2 Å². The quantitative estimate of drug-likeness (QED) is 0.897. The Balaban J connectivity index is 2.30. The SMILES string of the molecule is CC1(NS(=O)(=O)c2cccc(Cl)c2F)CCNCC1. The average Bonchev–Trinajstić information content (AvgIpc) is 2.32. The van der Waals surface area contributed by atoms with Crippen LogP contribution in [0.25, 0.3) is 0 Å². The first-order chi connectivity index (χ1) is 8.84. The highest BCUT2D eigenvalue weighted by molar-refractivity contribution is 7.89. The lowest BCUT2D eigenvalue weighted by molar-refractivity contribution is 0.307. The Morgan fingerprint density at radius 1 is 1.37 bits per heavy atom. The van der Waals surface area contributed by atoms with E-state index in [0.29, 0.717) is 12.8 Å². The van der Waals surface area contributed by atoms with Crippen LogP contribution in [0, 0.1) is 5.82 Å². The molecule has 2 N–H and O–H groups in total. The molecule has 19 heavy (non-hydrogen) atoms. The lowest BCUT2D eigenvalue weighted by Gasteiger charge is -2.34. The summed E-state index contributed by atoms with van der Waals surface area (Å²) in [6.45, 7) is 3.29. The summed E-state index contributed by atoms with van der Waals surface area (Å²) in [6.07, 6.45) is 1.32. The largest absolute Gasteiger partial charge is 0.317 e. The van der Waals surface area contributed by atoms with Gasteiger partial charge >= 0.3 is 0 Å². The van der Waals surface area contributed by atoms with Crippen molar-refractivity contribution in [2.24, 2.45) is 0 Å². The molecule has 1 heterocycles. The second-order valence-corrected chi connectivity index (χ2v) is 7.03. The Morgan fingerprint density at radius 2 is 2.00 bits per heavy atom. The van der Waals surface area contributed by atoms with Crippen LogP contribution in [-0.2, 0) is 10.0 Å². The lowest BCUT2D eigenvalue weighted by atomic mass is 9.92. The number of rotatable bonds is 3. The van der Waals surface area contributed by atoms with Gasteiger partial charge in [0, 0.05) is 5.54 Å². The molecule has 1 aliphatic rings. The Labute approximate surface area is 117 Å². The van der Waals surface area contributed by atoms with Crippen molar-refractivity contribution >= 4 is 21.6 Å². The van der Waals surface area contributed by atoms with Gasteiger partial charge < -0.3 is 5.32 Å². The summed E-state index contributed by atoms with van der Waals surface area (Å²) in [5, 5.41) is 2.96. The van der Waals surface area contributed by atoms with E-state index >= 15 is 0 Å². The van der Waals surface area contributed by atoms with Gasteiger partial charge in [-0.3, -0.25) is 0 Å². The van der Waals surface area contributed by atoms with Crippen LogP contribution in [0.1, 0.15) is 19.8 Å². The fourth-order valence-electron chi connectivity index (χ4n) is 2.15. The minimum Gasteiger partial charge on any atom is -0.317 e. The van der Waals surface area contributed by atoms with Crippen molar-refractivity contribution in [2.45, 2.75) is 30.2 Å². The monoisotopic (exact) mass is 306 g/mol. The molecule has 0 unspecified atom stereocenters. The maximum Gasteiger partial charge on any atom is 0.244 e. The topological polar surface area (TPSA) is 58.2 Å². The predicted octanol–water partition coefficient (Wildman–Crippen LogP) is 1.90. The van der Waals surface area contributed by atoms with Crippen molar-refractivity contribution < 1.29 is 12.8 Å². The Bertz CT molecular complexity index is 571. The molecule has 0 amide bonds. The fourth-order valence-corrected chi connectivity index (χ4v) is 3.95. The van der Waals surface area contributed by atoms with Gasteiger partial charge in [0.05, 0.1) is 5.02 Å². The minimum absolute atomic E-state index is 0.196. The number of hydrogen-bond donors (Lipinski definition) is 2. The maximum absolute atomic E-state index is 13.8. The zero-order valence-corrected chi connectivity index (χ0v) is 12.1. The molecular formula is C12H16ClFN2O2S. The third-order valence-electron chi connectivity index (χ3n) is 3.29. The van der Waals surface area contributed by atoms with E-state index in [0.717, 1.165) is 13.1 Å². The Hall–Kier alpha value is -0.690. The van der Waals surface area contributed by atoms with E-state index in [-0.39, 0.29) is 5.02 Å². The maximum atomic E-state index is 13.8. The highest BCUT2D eigenvalue weighted by Gasteiger charge is 2.33. The molecule has 4 nitrogen and oxygen atoms in total. The van der Waals surface area contributed by atoms with Crippen LogP contribution >= 0.6 is 11.6 Å². The molecule has 0 radical (unpaired) electrons. The fraction of sp³-hybridized carbons (Fsp3) is 0.500. The highest BCUT2D eigenvalue weighted by Crippen LogP contribution is 2.25. The molecule has 1 aromatic rings. The van der Waals surface area contributed by atoms with Gasteiger partial charge in [0.1, 0.15) is 4.90 Å². The molecular weight excluding hydrogens is 291 g/mol. The molecule has 0 bridgehead atoms. The molecule has 1 fully saturated rings. The number of piperidine rings is 1. The number of halogens is 2. The molecule has 0 aromatic heterocycles. The molecule has 0 atom stereocenters. The first kappa shape index (κ1) is 14.7. The van der Waals surface area contributed by atoms with Crippen LogP contribution < -0.4 is 10.0 Å². The van der Waals surface area contributed by atoms with E-state index in [1.807, 2.05) is 6.92 Å². The highest BCUT2D eigenvalue weighted by atomic mass is 35.5. The summed E-state index contributed by atoms with van der Waals surface area (Å²) in [5.41, 5.74) is -0.557. The van der Waals surface area contributed by atoms with E-state index in [2.05, 4.69) is 10.0 Å². The van der Waals surface area contributed by atoms with Crippen molar-refractivity contribution in [1.82, 2.24) is 10.0 Å². The summed E-state index contributed by atoms with van der Waals surface area (Å²) in [4.78, 5) is -0.403. The molecule has 106 valence electrons. The number of nitrogens with one attached hydrogen (secondary N) is 2. The van der Waals surface area contributed by atoms with Crippen LogP contribution in [0.5, 0.6) is 0 Å². The molecule has 7 heteroatoms. The summed E-state index contributed by atoms with van der Waals surface area (Å²) in [6, 6.07) is 3.96. The number of benzene rings is 1. The van der Waals surface area contributed by atoms with Gasteiger partial charge in [-0.1, -0.05) is 17.7 Å². The van der Waals surface area contributed by atoms with Crippen LogP contribution in [-0.4, -0.2) is 27.0 Å². The second kappa shape index (κ2) is 5.36. The van der Waals surface area contributed by atoms with E-state index in [9.17, 15) is 12.8 Å². The molecule has 0 saturated carbocycles. The first-order valence-corrected chi connectivity index (χ1v) is 7.89. The van der Waals surface area contributed by atoms with Crippen molar-refractivity contribution in [3.8, 4) is 0 Å². The Kier molecular flexibility index (Phi) is 4.15. The molecule has 0 spiro atoms. The number of sulfonamides is 1. The van der Waals surface area contributed by atoms with Gasteiger partial charge in [0.25, 0.3) is 0 Å². The van der Waals surface area contributed by atoms with Gasteiger partial charge in [0.15, 0.2) is 5.82 Å². The summed E-state index contributed by atoms with van der Waals surface area (Å²) >= 11 is 5.62. The average molecular weight is 307 g/mol. The molecule has 1 aliphatic heterocycles. The van der Waals surface area contributed by atoms with Crippen molar-refractivity contribution in [3.05, 3.63) is 29.0 Å². The van der Waals surface area contributed by atoms with Gasteiger partial charge in [-0.25, -0.2) is 17.5 Å². The van der Waals surface area contributed by atoms with Crippen LogP contribution in [0.3, 0.4) is 0 Å². The van der Waals surface area contributed by atoms with Crippen molar-refractivity contribution in [2.75, 3.05) is 13.1 Å². The lowest BCUT2D eigenvalue weighted by Crippen LogP contribution is -2.52. The number of hydrogen-bond acceptors (Lipinski definition) is 3. The molecule has 2 rings (SSSR count). The summed E-state index contributed by atoms with van der Waals surface area (Å²) in [7, 11) is -3.91. The smallest absolute Gasteiger partial charge is 0.244 e. The molecule has 0 aliphatic carbocycles. The normalized spacial score (nSPS) is 19.3. The zero-order valence-electron chi connectivity index (χ0n) is 10.5. The van der Waals surface area contributed by atoms with Gasteiger partial charge in [-0.2, -0.15) is 0 Å². The summed E-state index contributed by atoms with van der Waals surface area (Å²) in [5.74, 6) is -0.908. The molecule has 1 saturated heterocycles. The standard InChI is InChI=1S/C12H16ClFN2O2S/c1-12(5-7-15-8-6-12)16-19(17,18)10-4-2-3-9(13)11(10)14/h2-4,15-16H,5-8H2,1H3. The molecule has 1 aromatic carbocycles.